The third-order valence-corrected chi connectivity index (χ3v) is 3.68. The van der Waals surface area contributed by atoms with Crippen LogP contribution >= 0.6 is 0 Å². The maximum absolute atomic E-state index is 4.18. The molecule has 0 spiro atoms. The maximum atomic E-state index is 4.18. The zero-order chi connectivity index (χ0) is 18.8. The van der Waals surface area contributed by atoms with Crippen molar-refractivity contribution in [2.24, 2.45) is 10.2 Å². The molecule has 3 aromatic carbocycles. The Hall–Kier alpha value is -3.14. The average Bonchev–Trinajstić information content (AvgIpc) is 2.68. The summed E-state index contributed by atoms with van der Waals surface area (Å²) in [6, 6.07) is 28.0. The Kier molecular flexibility index (Phi) is 7.37. The van der Waals surface area contributed by atoms with Gasteiger partial charge in [-0.3, -0.25) is 0 Å². The van der Waals surface area contributed by atoms with E-state index in [2.05, 4.69) is 32.2 Å². The highest BCUT2D eigenvalue weighted by Gasteiger charge is 1.94. The molecule has 0 amide bonds. The molecule has 3 rings (SSSR count). The summed E-state index contributed by atoms with van der Waals surface area (Å²) in [5.41, 5.74) is 4.13. The molecule has 3 aromatic rings. The molecule has 0 aliphatic heterocycles. The quantitative estimate of drug-likeness (QED) is 0.549. The van der Waals surface area contributed by atoms with Gasteiger partial charge in [0.05, 0.1) is 11.4 Å². The van der Waals surface area contributed by atoms with E-state index in [1.165, 1.54) is 5.69 Å². The second-order valence-electron chi connectivity index (χ2n) is 6.18. The van der Waals surface area contributed by atoms with E-state index in [1.807, 2.05) is 101 Å². The predicted molar refractivity (Wildman–Crippen MR) is 112 cm³/mol. The molecule has 0 atom stereocenters. The van der Waals surface area contributed by atoms with Crippen molar-refractivity contribution in [3.8, 4) is 0 Å². The minimum absolute atomic E-state index is 0.861. The number of azo groups is 1. The van der Waals surface area contributed by atoms with Crippen molar-refractivity contribution in [3.05, 3.63) is 84.9 Å². The number of rotatable bonds is 4. The second-order valence-corrected chi connectivity index (χ2v) is 6.18. The fourth-order valence-electron chi connectivity index (χ4n) is 2.15. The lowest BCUT2D eigenvalue weighted by Gasteiger charge is -2.11. The fourth-order valence-corrected chi connectivity index (χ4v) is 2.15. The van der Waals surface area contributed by atoms with Gasteiger partial charge in [-0.15, -0.1) is 0 Å². The molecule has 26 heavy (non-hydrogen) atoms. The van der Waals surface area contributed by atoms with Crippen molar-refractivity contribution in [2.45, 2.75) is 0 Å². The Morgan fingerprint density at radius 2 is 0.846 bits per heavy atom. The van der Waals surface area contributed by atoms with E-state index >= 15 is 0 Å². The van der Waals surface area contributed by atoms with Gasteiger partial charge < -0.3 is 9.80 Å². The lowest BCUT2D eigenvalue weighted by Crippen LogP contribution is -2.07. The Morgan fingerprint density at radius 1 is 0.462 bits per heavy atom. The summed E-state index contributed by atoms with van der Waals surface area (Å²) in [7, 11) is 8.10. The van der Waals surface area contributed by atoms with Crippen molar-refractivity contribution < 1.29 is 0 Å². The summed E-state index contributed by atoms with van der Waals surface area (Å²) in [6.45, 7) is 0. The van der Waals surface area contributed by atoms with Gasteiger partial charge in [-0.2, -0.15) is 10.2 Å². The number of para-hydroxylation sites is 1. The molecule has 4 nitrogen and oxygen atoms in total. The summed E-state index contributed by atoms with van der Waals surface area (Å²) < 4.78 is 0. The highest BCUT2D eigenvalue weighted by molar-refractivity contribution is 5.52. The standard InChI is InChI=1S/C14H15N3.C8H11N/c1-17(2)14-10-8-13(9-11-14)16-15-12-6-4-3-5-7-12;1-9(2)8-6-4-3-5-7-8/h3-11H,1-2H3;3-7H,1-2H3/b16-15+;. The van der Waals surface area contributed by atoms with Crippen LogP contribution in [0.2, 0.25) is 0 Å². The Morgan fingerprint density at radius 3 is 1.27 bits per heavy atom. The lowest BCUT2D eigenvalue weighted by atomic mass is 10.3. The molecule has 0 N–H and O–H groups in total. The molecule has 0 radical (unpaired) electrons. The normalized spacial score (nSPS) is 10.2. The largest absolute Gasteiger partial charge is 0.378 e. The third kappa shape index (κ3) is 6.40. The summed E-state index contributed by atoms with van der Waals surface area (Å²) in [5.74, 6) is 0. The highest BCUT2D eigenvalue weighted by Crippen LogP contribution is 2.20. The molecule has 0 aliphatic rings. The number of hydrogen-bond acceptors (Lipinski definition) is 4. The SMILES string of the molecule is CN(C)c1ccc(/N=N/c2ccccc2)cc1.CN(C)c1ccccc1. The molecule has 0 bridgehead atoms. The van der Waals surface area contributed by atoms with E-state index in [1.54, 1.807) is 0 Å². The van der Waals surface area contributed by atoms with Crippen molar-refractivity contribution in [1.29, 1.82) is 0 Å². The van der Waals surface area contributed by atoms with E-state index in [4.69, 9.17) is 0 Å². The van der Waals surface area contributed by atoms with Crippen LogP contribution in [0.1, 0.15) is 0 Å². The van der Waals surface area contributed by atoms with E-state index < -0.39 is 0 Å². The lowest BCUT2D eigenvalue weighted by molar-refractivity contribution is 1.13. The van der Waals surface area contributed by atoms with Gasteiger partial charge in [0.25, 0.3) is 0 Å². The number of nitrogens with zero attached hydrogens (tertiary/aromatic N) is 4. The molecule has 0 aliphatic carbocycles. The molecule has 134 valence electrons. The predicted octanol–water partition coefficient (Wildman–Crippen LogP) is 5.92. The van der Waals surface area contributed by atoms with Crippen molar-refractivity contribution in [1.82, 2.24) is 0 Å². The summed E-state index contributed by atoms with van der Waals surface area (Å²) >= 11 is 0. The minimum atomic E-state index is 0.861. The van der Waals surface area contributed by atoms with Crippen LogP contribution in [-0.4, -0.2) is 28.2 Å². The Bertz CT molecular complexity index is 779. The number of benzene rings is 3. The Labute approximate surface area is 156 Å². The molecule has 4 heteroatoms. The minimum Gasteiger partial charge on any atom is -0.378 e. The molecule has 0 saturated carbocycles. The van der Waals surface area contributed by atoms with Gasteiger partial charge in [-0.05, 0) is 48.5 Å². The van der Waals surface area contributed by atoms with Gasteiger partial charge >= 0.3 is 0 Å². The molecule has 0 heterocycles. The van der Waals surface area contributed by atoms with Crippen LogP contribution in [0, 0.1) is 0 Å². The van der Waals surface area contributed by atoms with Crippen LogP contribution in [0.5, 0.6) is 0 Å². The van der Waals surface area contributed by atoms with Crippen molar-refractivity contribution in [3.63, 3.8) is 0 Å². The first-order chi connectivity index (χ1) is 12.6. The molecule has 0 unspecified atom stereocenters. The van der Waals surface area contributed by atoms with Gasteiger partial charge in [0.1, 0.15) is 0 Å². The van der Waals surface area contributed by atoms with Gasteiger partial charge in [-0.25, -0.2) is 0 Å². The van der Waals surface area contributed by atoms with E-state index in [0.29, 0.717) is 0 Å². The van der Waals surface area contributed by atoms with E-state index in [-0.39, 0.29) is 0 Å². The van der Waals surface area contributed by atoms with Crippen LogP contribution < -0.4 is 9.80 Å². The Balaban J connectivity index is 0.000000228. The number of anilines is 2. The van der Waals surface area contributed by atoms with E-state index in [9.17, 15) is 0 Å². The molecular formula is C22H26N4. The monoisotopic (exact) mass is 346 g/mol. The van der Waals surface area contributed by atoms with Crippen LogP contribution in [0.4, 0.5) is 22.7 Å². The summed E-state index contributed by atoms with van der Waals surface area (Å²) in [5, 5.41) is 8.35. The first-order valence-electron chi connectivity index (χ1n) is 8.53. The van der Waals surface area contributed by atoms with Crippen LogP contribution in [-0.2, 0) is 0 Å². The number of hydrogen-bond donors (Lipinski definition) is 0. The summed E-state index contributed by atoms with van der Waals surface area (Å²) in [6.07, 6.45) is 0. The van der Waals surface area contributed by atoms with Gasteiger partial charge in [-0.1, -0.05) is 36.4 Å². The molecular weight excluding hydrogens is 320 g/mol. The fraction of sp³-hybridized carbons (Fsp3) is 0.182. The second kappa shape index (κ2) is 9.99. The smallest absolute Gasteiger partial charge is 0.0858 e. The van der Waals surface area contributed by atoms with Crippen molar-refractivity contribution in [2.75, 3.05) is 38.0 Å². The molecule has 0 aromatic heterocycles. The van der Waals surface area contributed by atoms with Gasteiger partial charge in [0.15, 0.2) is 0 Å². The summed E-state index contributed by atoms with van der Waals surface area (Å²) in [4.78, 5) is 4.14. The first-order valence-corrected chi connectivity index (χ1v) is 8.53. The first kappa shape index (κ1) is 19.2. The third-order valence-electron chi connectivity index (χ3n) is 3.68. The van der Waals surface area contributed by atoms with Crippen LogP contribution in [0.25, 0.3) is 0 Å². The van der Waals surface area contributed by atoms with Gasteiger partial charge in [0, 0.05) is 39.6 Å². The van der Waals surface area contributed by atoms with E-state index in [0.717, 1.165) is 17.1 Å². The highest BCUT2D eigenvalue weighted by atomic mass is 15.1. The topological polar surface area (TPSA) is 31.2 Å². The van der Waals surface area contributed by atoms with Crippen molar-refractivity contribution >= 4 is 22.7 Å². The molecule has 0 saturated heterocycles. The van der Waals surface area contributed by atoms with Crippen LogP contribution in [0.15, 0.2) is 95.2 Å². The average molecular weight is 346 g/mol. The molecule has 0 fully saturated rings. The maximum Gasteiger partial charge on any atom is 0.0858 e. The zero-order valence-electron chi connectivity index (χ0n) is 15.9. The zero-order valence-corrected chi connectivity index (χ0v) is 15.9. The van der Waals surface area contributed by atoms with Crippen LogP contribution in [0.3, 0.4) is 0 Å². The van der Waals surface area contributed by atoms with Gasteiger partial charge in [0.2, 0.25) is 0 Å².